The Kier molecular flexibility index (Phi) is 6.23. The largest absolute Gasteiger partial charge is 0.462 e. The van der Waals surface area contributed by atoms with Gasteiger partial charge in [0.1, 0.15) is 12.2 Å². The molecular weight excluding hydrogens is 336 g/mol. The first-order valence-corrected chi connectivity index (χ1v) is 10.1. The molecular formula is C20H32O6. The van der Waals surface area contributed by atoms with Crippen molar-refractivity contribution in [3.63, 3.8) is 0 Å². The summed E-state index contributed by atoms with van der Waals surface area (Å²) in [5.41, 5.74) is 0. The lowest BCUT2D eigenvalue weighted by atomic mass is 10.00. The second kappa shape index (κ2) is 8.26. The van der Waals surface area contributed by atoms with Crippen molar-refractivity contribution in [2.75, 3.05) is 0 Å². The van der Waals surface area contributed by atoms with E-state index in [4.69, 9.17) is 18.9 Å². The molecule has 3 rings (SSSR count). The average Bonchev–Trinajstić information content (AvgIpc) is 3.21. The molecule has 148 valence electrons. The summed E-state index contributed by atoms with van der Waals surface area (Å²) in [5.74, 6) is -0.966. The first-order chi connectivity index (χ1) is 12.3. The summed E-state index contributed by atoms with van der Waals surface area (Å²) >= 11 is 0. The first-order valence-electron chi connectivity index (χ1n) is 10.1. The van der Waals surface area contributed by atoms with Gasteiger partial charge < -0.3 is 18.9 Å². The molecule has 8 atom stereocenters. The van der Waals surface area contributed by atoms with Gasteiger partial charge >= 0.3 is 11.9 Å². The number of carbonyl (C=O) groups excluding carboxylic acids is 2. The maximum Gasteiger partial charge on any atom is 0.311 e. The topological polar surface area (TPSA) is 71.1 Å². The van der Waals surface area contributed by atoms with Crippen LogP contribution < -0.4 is 0 Å². The van der Waals surface area contributed by atoms with Crippen molar-refractivity contribution < 1.29 is 28.5 Å². The smallest absolute Gasteiger partial charge is 0.311 e. The van der Waals surface area contributed by atoms with Gasteiger partial charge in [-0.25, -0.2) is 0 Å². The number of rotatable bonds is 0. The number of esters is 2. The van der Waals surface area contributed by atoms with E-state index in [-0.39, 0.29) is 60.4 Å². The lowest BCUT2D eigenvalue weighted by molar-refractivity contribution is -0.163. The van der Waals surface area contributed by atoms with Crippen molar-refractivity contribution >= 4 is 11.9 Å². The predicted molar refractivity (Wildman–Crippen MR) is 94.5 cm³/mol. The van der Waals surface area contributed by atoms with Gasteiger partial charge in [-0.2, -0.15) is 0 Å². The van der Waals surface area contributed by atoms with E-state index in [1.165, 1.54) is 0 Å². The fourth-order valence-electron chi connectivity index (χ4n) is 4.30. The van der Waals surface area contributed by atoms with Gasteiger partial charge in [-0.15, -0.1) is 0 Å². The number of carbonyl (C=O) groups is 2. The van der Waals surface area contributed by atoms with Crippen LogP contribution in [0.3, 0.4) is 0 Å². The average molecular weight is 368 g/mol. The van der Waals surface area contributed by atoms with E-state index in [2.05, 4.69) is 0 Å². The zero-order valence-corrected chi connectivity index (χ0v) is 16.3. The second-order valence-corrected chi connectivity index (χ2v) is 8.29. The highest BCUT2D eigenvalue weighted by molar-refractivity contribution is 5.73. The summed E-state index contributed by atoms with van der Waals surface area (Å²) in [7, 11) is 0. The van der Waals surface area contributed by atoms with E-state index in [1.807, 2.05) is 27.7 Å². The van der Waals surface area contributed by atoms with Gasteiger partial charge in [0.05, 0.1) is 36.3 Å². The molecule has 3 aliphatic heterocycles. The number of hydrogen-bond donors (Lipinski definition) is 0. The quantitative estimate of drug-likeness (QED) is 0.612. The van der Waals surface area contributed by atoms with Crippen molar-refractivity contribution in [3.8, 4) is 0 Å². The van der Waals surface area contributed by atoms with E-state index in [9.17, 15) is 9.59 Å². The molecule has 3 saturated heterocycles. The fraction of sp³-hybridized carbons (Fsp3) is 0.900. The highest BCUT2D eigenvalue weighted by Gasteiger charge is 2.38. The van der Waals surface area contributed by atoms with Gasteiger partial charge in [0.15, 0.2) is 0 Å². The van der Waals surface area contributed by atoms with Crippen LogP contribution >= 0.6 is 0 Å². The van der Waals surface area contributed by atoms with E-state index in [0.717, 1.165) is 25.7 Å². The standard InChI is InChI=1S/C20H32O6/c1-11-9-15-5-7-18(25-15)14(4)20(22)24-12(2)10-16-6-8-17(26-16)13(3)19(21)23-11/h11-18H,5-10H2,1-4H3/t11-,12-,13-,14+,15-,16-,17+,18+/m0/s1. The Labute approximate surface area is 155 Å². The van der Waals surface area contributed by atoms with Gasteiger partial charge in [-0.3, -0.25) is 9.59 Å². The van der Waals surface area contributed by atoms with Crippen LogP contribution in [0.25, 0.3) is 0 Å². The molecule has 0 spiro atoms. The van der Waals surface area contributed by atoms with Crippen LogP contribution in [0, 0.1) is 11.8 Å². The summed E-state index contributed by atoms with van der Waals surface area (Å²) in [6.07, 6.45) is 4.11. The van der Waals surface area contributed by atoms with Crippen LogP contribution in [0.1, 0.15) is 66.2 Å². The molecule has 3 aliphatic rings. The molecule has 0 amide bonds. The summed E-state index contributed by atoms with van der Waals surface area (Å²) < 4.78 is 23.4. The third-order valence-electron chi connectivity index (χ3n) is 5.96. The maximum atomic E-state index is 12.5. The van der Waals surface area contributed by atoms with Gasteiger partial charge in [0.25, 0.3) is 0 Å². The summed E-state index contributed by atoms with van der Waals surface area (Å²) in [6.45, 7) is 7.56. The summed E-state index contributed by atoms with van der Waals surface area (Å²) in [5, 5.41) is 0. The maximum absolute atomic E-state index is 12.5. The van der Waals surface area contributed by atoms with E-state index in [0.29, 0.717) is 12.8 Å². The molecule has 3 fully saturated rings. The van der Waals surface area contributed by atoms with Crippen LogP contribution in [0.15, 0.2) is 0 Å². The van der Waals surface area contributed by atoms with Gasteiger partial charge in [0, 0.05) is 12.8 Å². The van der Waals surface area contributed by atoms with Crippen LogP contribution in [-0.4, -0.2) is 48.6 Å². The Bertz CT molecular complexity index is 474. The van der Waals surface area contributed by atoms with Crippen LogP contribution in [0.5, 0.6) is 0 Å². The third-order valence-corrected chi connectivity index (χ3v) is 5.96. The van der Waals surface area contributed by atoms with Gasteiger partial charge in [0.2, 0.25) is 0 Å². The predicted octanol–water partition coefficient (Wildman–Crippen LogP) is 3.01. The van der Waals surface area contributed by atoms with Crippen molar-refractivity contribution in [1.29, 1.82) is 0 Å². The Morgan fingerprint density at radius 2 is 1.04 bits per heavy atom. The van der Waals surface area contributed by atoms with Gasteiger partial charge in [-0.05, 0) is 53.4 Å². The highest BCUT2D eigenvalue weighted by atomic mass is 16.6. The normalized spacial score (nSPS) is 45.2. The molecule has 0 radical (unpaired) electrons. The Morgan fingerprint density at radius 1 is 0.654 bits per heavy atom. The molecule has 0 N–H and O–H groups in total. The Balaban J connectivity index is 1.71. The monoisotopic (exact) mass is 368 g/mol. The zero-order chi connectivity index (χ0) is 18.8. The Morgan fingerprint density at radius 3 is 1.42 bits per heavy atom. The van der Waals surface area contributed by atoms with Crippen molar-refractivity contribution in [2.24, 2.45) is 11.8 Å². The van der Waals surface area contributed by atoms with Crippen LogP contribution in [0.4, 0.5) is 0 Å². The van der Waals surface area contributed by atoms with E-state index >= 15 is 0 Å². The first kappa shape index (κ1) is 19.6. The van der Waals surface area contributed by atoms with E-state index in [1.54, 1.807) is 0 Å². The van der Waals surface area contributed by atoms with Crippen molar-refractivity contribution in [2.45, 2.75) is 103 Å². The number of hydrogen-bond acceptors (Lipinski definition) is 6. The lowest BCUT2D eigenvalue weighted by Gasteiger charge is -2.26. The molecule has 0 saturated carbocycles. The SMILES string of the molecule is C[C@@H]1C(=O)O[C@@H](C)C[C@@H]2CC[C@@H](O2)[C@@H](C)C(=O)O[C@@H](C)C[C@@H]2CC[C@H]1O2. The second-order valence-electron chi connectivity index (χ2n) is 8.29. The highest BCUT2D eigenvalue weighted by Crippen LogP contribution is 2.32. The van der Waals surface area contributed by atoms with Crippen molar-refractivity contribution in [3.05, 3.63) is 0 Å². The fourth-order valence-corrected chi connectivity index (χ4v) is 4.30. The summed E-state index contributed by atoms with van der Waals surface area (Å²) in [4.78, 5) is 24.9. The molecule has 4 bridgehead atoms. The Hall–Kier alpha value is -1.14. The minimum atomic E-state index is -0.287. The summed E-state index contributed by atoms with van der Waals surface area (Å²) in [6, 6.07) is 0. The van der Waals surface area contributed by atoms with Gasteiger partial charge in [-0.1, -0.05) is 0 Å². The molecule has 3 heterocycles. The molecule has 0 aromatic carbocycles. The molecule has 6 nitrogen and oxygen atoms in total. The molecule has 6 heteroatoms. The third kappa shape index (κ3) is 4.58. The zero-order valence-electron chi connectivity index (χ0n) is 16.3. The number of cyclic esters (lactones) is 2. The number of ether oxygens (including phenoxy) is 4. The molecule has 0 aromatic rings. The minimum absolute atomic E-state index is 0.0193. The number of fused-ring (bicyclic) bond motifs is 4. The molecule has 26 heavy (non-hydrogen) atoms. The lowest BCUT2D eigenvalue weighted by Crippen LogP contribution is -2.34. The van der Waals surface area contributed by atoms with Crippen LogP contribution in [-0.2, 0) is 28.5 Å². The minimum Gasteiger partial charge on any atom is -0.462 e. The molecule has 0 aromatic heterocycles. The molecule has 0 aliphatic carbocycles. The van der Waals surface area contributed by atoms with E-state index < -0.39 is 0 Å². The molecule has 0 unspecified atom stereocenters. The van der Waals surface area contributed by atoms with Crippen LogP contribution in [0.2, 0.25) is 0 Å². The van der Waals surface area contributed by atoms with Crippen molar-refractivity contribution in [1.82, 2.24) is 0 Å².